The number of aliphatic hydroxyl groups excluding tert-OH is 5. The van der Waals surface area contributed by atoms with Gasteiger partial charge in [0.1, 0.15) is 31.0 Å². The highest BCUT2D eigenvalue weighted by Crippen LogP contribution is 2.07. The Morgan fingerprint density at radius 1 is 1.00 bits per heavy atom. The summed E-state index contributed by atoms with van der Waals surface area (Å²) in [7, 11) is 0. The van der Waals surface area contributed by atoms with Crippen molar-refractivity contribution in [1.82, 2.24) is 0 Å². The van der Waals surface area contributed by atoms with E-state index in [2.05, 4.69) is 0 Å². The maximum Gasteiger partial charge on any atom is 0.305 e. The fraction of sp³-hybridized carbons (Fsp3) is 0.917. The second kappa shape index (κ2) is 11.0. The zero-order valence-corrected chi connectivity index (χ0v) is 11.4. The number of ether oxygens (including phenoxy) is 1. The van der Waals surface area contributed by atoms with Crippen LogP contribution in [0.1, 0.15) is 25.7 Å². The van der Waals surface area contributed by atoms with Gasteiger partial charge in [-0.2, -0.15) is 0 Å². The molecule has 0 heterocycles. The third kappa shape index (κ3) is 7.73. The SMILES string of the molecule is NCCCCCC(=O)OC[C@@H](O)[C@H](O)[C@H](O)[C@H](O)CO. The molecule has 0 bridgehead atoms. The first-order chi connectivity index (χ1) is 9.43. The van der Waals surface area contributed by atoms with Crippen molar-refractivity contribution in [3.8, 4) is 0 Å². The Bertz CT molecular complexity index is 264. The summed E-state index contributed by atoms with van der Waals surface area (Å²) in [5.74, 6) is -0.523. The molecule has 0 amide bonds. The van der Waals surface area contributed by atoms with Crippen LogP contribution in [0.3, 0.4) is 0 Å². The summed E-state index contributed by atoms with van der Waals surface area (Å²) in [5.41, 5.74) is 5.30. The molecule has 4 atom stereocenters. The summed E-state index contributed by atoms with van der Waals surface area (Å²) in [5, 5.41) is 46.0. The van der Waals surface area contributed by atoms with E-state index in [0.717, 1.165) is 12.8 Å². The third-order valence-corrected chi connectivity index (χ3v) is 2.83. The van der Waals surface area contributed by atoms with Gasteiger partial charge in [0.25, 0.3) is 0 Å². The molecule has 0 aromatic carbocycles. The van der Waals surface area contributed by atoms with Gasteiger partial charge < -0.3 is 36.0 Å². The number of hydrogen-bond donors (Lipinski definition) is 6. The summed E-state index contributed by atoms with van der Waals surface area (Å²) in [6, 6.07) is 0. The molecule has 0 aliphatic heterocycles. The number of rotatable bonds is 11. The zero-order chi connectivity index (χ0) is 15.5. The van der Waals surface area contributed by atoms with Gasteiger partial charge in [-0.1, -0.05) is 6.42 Å². The van der Waals surface area contributed by atoms with Crippen molar-refractivity contribution in [2.24, 2.45) is 5.73 Å². The topological polar surface area (TPSA) is 153 Å². The number of esters is 1. The van der Waals surface area contributed by atoms with E-state index in [9.17, 15) is 20.1 Å². The van der Waals surface area contributed by atoms with Crippen LogP contribution in [0.4, 0.5) is 0 Å². The molecule has 20 heavy (non-hydrogen) atoms. The molecule has 7 N–H and O–H groups in total. The van der Waals surface area contributed by atoms with E-state index in [-0.39, 0.29) is 6.42 Å². The van der Waals surface area contributed by atoms with Crippen LogP contribution in [0.5, 0.6) is 0 Å². The maximum atomic E-state index is 11.3. The van der Waals surface area contributed by atoms with E-state index in [4.69, 9.17) is 20.7 Å². The van der Waals surface area contributed by atoms with E-state index in [1.807, 2.05) is 0 Å². The minimum atomic E-state index is -1.72. The van der Waals surface area contributed by atoms with Crippen molar-refractivity contribution in [1.29, 1.82) is 0 Å². The Labute approximate surface area is 117 Å². The number of aliphatic hydroxyl groups is 5. The minimum absolute atomic E-state index is 0.185. The number of nitrogens with two attached hydrogens (primary N) is 1. The Kier molecular flexibility index (Phi) is 10.5. The average molecular weight is 295 g/mol. The molecule has 0 fully saturated rings. The largest absolute Gasteiger partial charge is 0.463 e. The molecule has 0 saturated heterocycles. The molecule has 0 spiro atoms. The summed E-state index contributed by atoms with van der Waals surface area (Å²) in [6.45, 7) is -0.691. The summed E-state index contributed by atoms with van der Waals surface area (Å²) in [4.78, 5) is 11.3. The van der Waals surface area contributed by atoms with Crippen LogP contribution in [0.2, 0.25) is 0 Å². The fourth-order valence-corrected chi connectivity index (χ4v) is 1.50. The van der Waals surface area contributed by atoms with E-state index < -0.39 is 43.6 Å². The molecule has 8 heteroatoms. The van der Waals surface area contributed by atoms with Crippen LogP contribution < -0.4 is 5.73 Å². The summed E-state index contributed by atoms with van der Waals surface area (Å²) >= 11 is 0. The lowest BCUT2D eigenvalue weighted by Gasteiger charge is -2.25. The predicted octanol–water partition coefficient (Wildman–Crippen LogP) is -2.52. The van der Waals surface area contributed by atoms with Crippen LogP contribution in [-0.2, 0) is 9.53 Å². The van der Waals surface area contributed by atoms with Crippen LogP contribution in [0.15, 0.2) is 0 Å². The Balaban J connectivity index is 3.90. The summed E-state index contributed by atoms with van der Waals surface area (Å²) in [6.07, 6.45) is -4.13. The molecule has 0 radical (unpaired) electrons. The first kappa shape index (κ1) is 19.2. The molecule has 0 rings (SSSR count). The van der Waals surface area contributed by atoms with Gasteiger partial charge in [-0.15, -0.1) is 0 Å². The first-order valence-corrected chi connectivity index (χ1v) is 6.62. The highest BCUT2D eigenvalue weighted by molar-refractivity contribution is 5.69. The van der Waals surface area contributed by atoms with Gasteiger partial charge in [0.2, 0.25) is 0 Å². The van der Waals surface area contributed by atoms with Gasteiger partial charge in [-0.05, 0) is 19.4 Å². The zero-order valence-electron chi connectivity index (χ0n) is 11.4. The van der Waals surface area contributed by atoms with E-state index in [0.29, 0.717) is 13.0 Å². The van der Waals surface area contributed by atoms with Crippen LogP contribution in [0.25, 0.3) is 0 Å². The molecule has 0 aromatic heterocycles. The minimum Gasteiger partial charge on any atom is -0.463 e. The Morgan fingerprint density at radius 2 is 1.60 bits per heavy atom. The molecular formula is C12H25NO7. The highest BCUT2D eigenvalue weighted by atomic mass is 16.5. The number of carbonyl (C=O) groups is 1. The van der Waals surface area contributed by atoms with Gasteiger partial charge >= 0.3 is 5.97 Å². The lowest BCUT2D eigenvalue weighted by Crippen LogP contribution is -2.47. The van der Waals surface area contributed by atoms with E-state index in [1.54, 1.807) is 0 Å². The second-order valence-electron chi connectivity index (χ2n) is 4.58. The lowest BCUT2D eigenvalue weighted by molar-refractivity contribution is -0.156. The smallest absolute Gasteiger partial charge is 0.305 e. The maximum absolute atomic E-state index is 11.3. The molecular weight excluding hydrogens is 270 g/mol. The van der Waals surface area contributed by atoms with Gasteiger partial charge in [0.05, 0.1) is 6.61 Å². The van der Waals surface area contributed by atoms with Gasteiger partial charge in [-0.3, -0.25) is 4.79 Å². The Morgan fingerprint density at radius 3 is 2.15 bits per heavy atom. The van der Waals surface area contributed by atoms with Crippen molar-refractivity contribution >= 4 is 5.97 Å². The van der Waals surface area contributed by atoms with E-state index in [1.165, 1.54) is 0 Å². The first-order valence-electron chi connectivity index (χ1n) is 6.62. The van der Waals surface area contributed by atoms with Crippen molar-refractivity contribution in [2.45, 2.75) is 50.1 Å². The Hall–Kier alpha value is -0.770. The number of carbonyl (C=O) groups excluding carboxylic acids is 1. The van der Waals surface area contributed by atoms with Crippen LogP contribution in [0, 0.1) is 0 Å². The molecule has 0 saturated carbocycles. The molecule has 0 aliphatic rings. The summed E-state index contributed by atoms with van der Waals surface area (Å²) < 4.78 is 4.73. The quantitative estimate of drug-likeness (QED) is 0.180. The molecule has 0 aliphatic carbocycles. The van der Waals surface area contributed by atoms with Gasteiger partial charge in [0.15, 0.2) is 0 Å². The van der Waals surface area contributed by atoms with Crippen molar-refractivity contribution < 1.29 is 35.1 Å². The fourth-order valence-electron chi connectivity index (χ4n) is 1.50. The van der Waals surface area contributed by atoms with Gasteiger partial charge in [0, 0.05) is 6.42 Å². The standard InChI is InChI=1S/C12H25NO7/c13-5-3-1-2-4-10(17)20-7-9(16)12(19)11(18)8(15)6-14/h8-9,11-12,14-16,18-19H,1-7,13H2/t8-,9-,11-,12+/m1/s1. The normalized spacial score (nSPS) is 17.3. The van der Waals surface area contributed by atoms with E-state index >= 15 is 0 Å². The van der Waals surface area contributed by atoms with Crippen LogP contribution in [-0.4, -0.2) is 75.7 Å². The highest BCUT2D eigenvalue weighted by Gasteiger charge is 2.30. The third-order valence-electron chi connectivity index (χ3n) is 2.83. The van der Waals surface area contributed by atoms with Crippen molar-refractivity contribution in [2.75, 3.05) is 19.8 Å². The molecule has 0 unspecified atom stereocenters. The monoisotopic (exact) mass is 295 g/mol. The molecule has 0 aromatic rings. The van der Waals surface area contributed by atoms with Crippen molar-refractivity contribution in [3.05, 3.63) is 0 Å². The number of unbranched alkanes of at least 4 members (excludes halogenated alkanes) is 2. The van der Waals surface area contributed by atoms with Crippen LogP contribution >= 0.6 is 0 Å². The molecule has 120 valence electrons. The second-order valence-corrected chi connectivity index (χ2v) is 4.58. The number of hydrogen-bond acceptors (Lipinski definition) is 8. The predicted molar refractivity (Wildman–Crippen MR) is 69.6 cm³/mol. The van der Waals surface area contributed by atoms with Crippen molar-refractivity contribution in [3.63, 3.8) is 0 Å². The lowest BCUT2D eigenvalue weighted by atomic mass is 10.0. The average Bonchev–Trinajstić information content (AvgIpc) is 2.46. The molecule has 8 nitrogen and oxygen atoms in total. The van der Waals surface area contributed by atoms with Gasteiger partial charge in [-0.25, -0.2) is 0 Å².